The normalized spacial score (nSPS) is 14.0. The lowest BCUT2D eigenvalue weighted by molar-refractivity contribution is -0.117. The van der Waals surface area contributed by atoms with Gasteiger partial charge in [-0.3, -0.25) is 9.59 Å². The molecule has 0 atom stereocenters. The number of rotatable bonds is 5. The molecule has 0 aliphatic carbocycles. The molecule has 0 saturated heterocycles. The summed E-state index contributed by atoms with van der Waals surface area (Å²) in [6.07, 6.45) is 4.30. The van der Waals surface area contributed by atoms with Crippen LogP contribution >= 0.6 is 11.8 Å². The van der Waals surface area contributed by atoms with Crippen LogP contribution in [0.1, 0.15) is 15.9 Å². The first-order valence-corrected chi connectivity index (χ1v) is 9.44. The Balaban J connectivity index is 1.95. The molecule has 0 unspecified atom stereocenters. The molecule has 0 fully saturated rings. The number of benzene rings is 1. The highest BCUT2D eigenvalue weighted by atomic mass is 32.2. The van der Waals surface area contributed by atoms with Crippen LogP contribution in [0.2, 0.25) is 0 Å². The van der Waals surface area contributed by atoms with E-state index in [4.69, 9.17) is 0 Å². The maximum Gasteiger partial charge on any atom is 0.263 e. The van der Waals surface area contributed by atoms with Crippen LogP contribution in [-0.2, 0) is 11.3 Å². The molecule has 1 aliphatic heterocycles. The molecule has 0 N–H and O–H groups in total. The van der Waals surface area contributed by atoms with Crippen molar-refractivity contribution in [3.8, 4) is 0 Å². The van der Waals surface area contributed by atoms with Gasteiger partial charge in [-0.25, -0.2) is 9.97 Å². The highest BCUT2D eigenvalue weighted by molar-refractivity contribution is 7.98. The lowest BCUT2D eigenvalue weighted by Crippen LogP contribution is -2.33. The van der Waals surface area contributed by atoms with Gasteiger partial charge < -0.3 is 14.7 Å². The van der Waals surface area contributed by atoms with Gasteiger partial charge in [0.05, 0.1) is 0 Å². The minimum absolute atomic E-state index is 0.113. The van der Waals surface area contributed by atoms with Crippen molar-refractivity contribution < 1.29 is 9.59 Å². The smallest absolute Gasteiger partial charge is 0.263 e. The van der Waals surface area contributed by atoms with E-state index in [-0.39, 0.29) is 5.91 Å². The molecule has 1 aromatic carbocycles. The minimum Gasteiger partial charge on any atom is -0.357 e. The standard InChI is InChI=1S/C18H21N5O2S/c1-21(12-24)11-13-5-4-6-14(9-13)23-8-7-22(2)16-15(17(23)25)10-19-18(20-16)26-3/h4-6,9-10,12H,7-8,11H2,1-3H3. The molecule has 7 nitrogen and oxygen atoms in total. The van der Waals surface area contributed by atoms with Crippen LogP contribution in [-0.4, -0.2) is 60.6 Å². The van der Waals surface area contributed by atoms with Gasteiger partial charge in [-0.15, -0.1) is 0 Å². The number of nitrogens with zero attached hydrogens (tertiary/aromatic N) is 5. The summed E-state index contributed by atoms with van der Waals surface area (Å²) in [5.41, 5.74) is 2.27. The van der Waals surface area contributed by atoms with Gasteiger partial charge in [0.1, 0.15) is 11.4 Å². The number of hydrogen-bond acceptors (Lipinski definition) is 6. The van der Waals surface area contributed by atoms with Crippen molar-refractivity contribution in [2.24, 2.45) is 0 Å². The molecule has 1 aromatic heterocycles. The zero-order valence-electron chi connectivity index (χ0n) is 15.0. The van der Waals surface area contributed by atoms with E-state index in [1.165, 1.54) is 11.8 Å². The Morgan fingerprint density at radius 1 is 1.35 bits per heavy atom. The highest BCUT2D eigenvalue weighted by Gasteiger charge is 2.28. The third kappa shape index (κ3) is 3.65. The van der Waals surface area contributed by atoms with Gasteiger partial charge in [-0.1, -0.05) is 23.9 Å². The van der Waals surface area contributed by atoms with Gasteiger partial charge in [0, 0.05) is 45.6 Å². The van der Waals surface area contributed by atoms with Crippen molar-refractivity contribution in [2.45, 2.75) is 11.7 Å². The number of hydrogen-bond donors (Lipinski definition) is 0. The topological polar surface area (TPSA) is 69.6 Å². The summed E-state index contributed by atoms with van der Waals surface area (Å²) in [6.45, 7) is 1.71. The van der Waals surface area contributed by atoms with Gasteiger partial charge >= 0.3 is 0 Å². The van der Waals surface area contributed by atoms with Gasteiger partial charge in [-0.2, -0.15) is 0 Å². The Kier molecular flexibility index (Phi) is 5.41. The van der Waals surface area contributed by atoms with Gasteiger partial charge in [0.15, 0.2) is 5.16 Å². The molecule has 3 rings (SSSR count). The van der Waals surface area contributed by atoms with Crippen LogP contribution in [0.25, 0.3) is 0 Å². The Labute approximate surface area is 157 Å². The molecule has 0 spiro atoms. The molecular weight excluding hydrogens is 350 g/mol. The summed E-state index contributed by atoms with van der Waals surface area (Å²) in [5.74, 6) is 0.548. The quantitative estimate of drug-likeness (QED) is 0.454. The molecule has 136 valence electrons. The number of thioether (sulfide) groups is 1. The summed E-state index contributed by atoms with van der Waals surface area (Å²) in [5, 5.41) is 0.649. The van der Waals surface area contributed by atoms with E-state index < -0.39 is 0 Å². The second-order valence-corrected chi connectivity index (χ2v) is 6.94. The number of likely N-dealkylation sites (N-methyl/N-ethyl adjacent to an activating group) is 1. The molecule has 26 heavy (non-hydrogen) atoms. The molecular formula is C18H21N5O2S. The third-order valence-electron chi connectivity index (χ3n) is 4.26. The monoisotopic (exact) mass is 371 g/mol. The van der Waals surface area contributed by atoms with Crippen LogP contribution in [0, 0.1) is 0 Å². The average Bonchev–Trinajstić information content (AvgIpc) is 2.78. The predicted octanol–water partition coefficient (Wildman–Crippen LogP) is 1.88. The summed E-state index contributed by atoms with van der Waals surface area (Å²) < 4.78 is 0. The number of carbonyl (C=O) groups excluding carboxylic acids is 2. The van der Waals surface area contributed by atoms with Gasteiger partial charge in [-0.05, 0) is 24.0 Å². The van der Waals surface area contributed by atoms with Gasteiger partial charge in [0.25, 0.3) is 5.91 Å². The molecule has 0 radical (unpaired) electrons. The molecule has 2 aromatic rings. The van der Waals surface area contributed by atoms with Crippen molar-refractivity contribution in [1.82, 2.24) is 14.9 Å². The van der Waals surface area contributed by atoms with E-state index in [0.717, 1.165) is 17.7 Å². The summed E-state index contributed by atoms with van der Waals surface area (Å²) in [4.78, 5) is 38.0. The van der Waals surface area contributed by atoms with Crippen LogP contribution in [0.3, 0.4) is 0 Å². The molecule has 8 heteroatoms. The second-order valence-electron chi connectivity index (χ2n) is 6.16. The fraction of sp³-hybridized carbons (Fsp3) is 0.333. The average molecular weight is 371 g/mol. The maximum atomic E-state index is 13.1. The summed E-state index contributed by atoms with van der Waals surface area (Å²) in [7, 11) is 3.66. The Hall–Kier alpha value is -2.61. The maximum absolute atomic E-state index is 13.1. The zero-order valence-corrected chi connectivity index (χ0v) is 15.9. The van der Waals surface area contributed by atoms with E-state index in [2.05, 4.69) is 9.97 Å². The third-order valence-corrected chi connectivity index (χ3v) is 4.82. The lowest BCUT2D eigenvalue weighted by Gasteiger charge is -2.22. The number of aromatic nitrogens is 2. The summed E-state index contributed by atoms with van der Waals surface area (Å²) in [6, 6.07) is 7.70. The molecule has 0 bridgehead atoms. The Bertz CT molecular complexity index is 829. The van der Waals surface area contributed by atoms with Crippen LogP contribution in [0.15, 0.2) is 35.6 Å². The molecule has 2 amide bonds. The lowest BCUT2D eigenvalue weighted by atomic mass is 10.1. The number of amides is 2. The Morgan fingerprint density at radius 3 is 2.88 bits per heavy atom. The first-order valence-electron chi connectivity index (χ1n) is 8.22. The molecule has 2 heterocycles. The van der Waals surface area contributed by atoms with E-state index in [9.17, 15) is 9.59 Å². The van der Waals surface area contributed by atoms with E-state index in [0.29, 0.717) is 36.2 Å². The van der Waals surface area contributed by atoms with Crippen molar-refractivity contribution in [1.29, 1.82) is 0 Å². The van der Waals surface area contributed by atoms with Crippen molar-refractivity contribution in [3.05, 3.63) is 41.6 Å². The molecule has 1 aliphatic rings. The van der Waals surface area contributed by atoms with Crippen LogP contribution in [0.5, 0.6) is 0 Å². The summed E-state index contributed by atoms with van der Waals surface area (Å²) >= 11 is 1.45. The highest BCUT2D eigenvalue weighted by Crippen LogP contribution is 2.27. The van der Waals surface area contributed by atoms with Crippen molar-refractivity contribution >= 4 is 35.6 Å². The SMILES string of the molecule is CSc1ncc2c(n1)N(C)CCN(c1cccc(CN(C)C=O)c1)C2=O. The zero-order chi connectivity index (χ0) is 18.7. The van der Waals surface area contributed by atoms with E-state index >= 15 is 0 Å². The fourth-order valence-corrected chi connectivity index (χ4v) is 3.23. The largest absolute Gasteiger partial charge is 0.357 e. The minimum atomic E-state index is -0.113. The number of carbonyl (C=O) groups is 2. The van der Waals surface area contributed by atoms with Crippen LogP contribution in [0.4, 0.5) is 11.5 Å². The molecule has 0 saturated carbocycles. The van der Waals surface area contributed by atoms with Gasteiger partial charge in [0.2, 0.25) is 6.41 Å². The number of anilines is 2. The van der Waals surface area contributed by atoms with E-state index in [1.807, 2.05) is 42.5 Å². The number of fused-ring (bicyclic) bond motifs is 1. The fourth-order valence-electron chi connectivity index (χ4n) is 2.89. The first kappa shape index (κ1) is 18.2. The predicted molar refractivity (Wildman–Crippen MR) is 103 cm³/mol. The van der Waals surface area contributed by atoms with E-state index in [1.54, 1.807) is 23.0 Å². The first-order chi connectivity index (χ1) is 12.5. The van der Waals surface area contributed by atoms with Crippen molar-refractivity contribution in [2.75, 3.05) is 43.2 Å². The van der Waals surface area contributed by atoms with Crippen molar-refractivity contribution in [3.63, 3.8) is 0 Å². The second kappa shape index (κ2) is 7.74. The van der Waals surface area contributed by atoms with Crippen LogP contribution < -0.4 is 9.80 Å². The Morgan fingerprint density at radius 2 is 2.15 bits per heavy atom.